The third-order valence-electron chi connectivity index (χ3n) is 4.49. The molecule has 6 nitrogen and oxygen atoms in total. The second-order valence-corrected chi connectivity index (χ2v) is 6.35. The van der Waals surface area contributed by atoms with Gasteiger partial charge in [-0.3, -0.25) is 4.79 Å². The lowest BCUT2D eigenvalue weighted by atomic mass is 10.1. The van der Waals surface area contributed by atoms with Crippen molar-refractivity contribution in [2.45, 2.75) is 0 Å². The van der Waals surface area contributed by atoms with E-state index in [0.717, 1.165) is 16.7 Å². The van der Waals surface area contributed by atoms with E-state index in [0.29, 0.717) is 41.9 Å². The van der Waals surface area contributed by atoms with Crippen molar-refractivity contribution in [3.63, 3.8) is 0 Å². The largest absolute Gasteiger partial charge is 0.486 e. The fourth-order valence-electron chi connectivity index (χ4n) is 3.14. The number of para-hydroxylation sites is 3. The van der Waals surface area contributed by atoms with Crippen molar-refractivity contribution in [2.24, 2.45) is 0 Å². The molecule has 1 aliphatic heterocycles. The summed E-state index contributed by atoms with van der Waals surface area (Å²) in [6.45, 7) is 0.909. The van der Waals surface area contributed by atoms with E-state index in [2.05, 4.69) is 10.3 Å². The molecule has 5 rings (SSSR count). The number of carbonyl (C=O) groups excluding carboxylic acids is 1. The molecule has 138 valence electrons. The topological polar surface area (TPSA) is 73.6 Å². The number of oxazole rings is 1. The minimum atomic E-state index is -0.253. The number of fused-ring (bicyclic) bond motifs is 2. The second kappa shape index (κ2) is 6.74. The highest BCUT2D eigenvalue weighted by molar-refractivity contribution is 6.06. The molecule has 1 amide bonds. The van der Waals surface area contributed by atoms with Crippen molar-refractivity contribution in [3.8, 4) is 23.0 Å². The molecule has 3 aromatic carbocycles. The van der Waals surface area contributed by atoms with E-state index in [1.54, 1.807) is 18.2 Å². The van der Waals surface area contributed by atoms with Gasteiger partial charge in [0.15, 0.2) is 17.1 Å². The summed E-state index contributed by atoms with van der Waals surface area (Å²) in [6, 6.07) is 20.3. The molecule has 0 atom stereocenters. The van der Waals surface area contributed by atoms with Gasteiger partial charge in [-0.1, -0.05) is 18.2 Å². The number of aromatic nitrogens is 1. The quantitative estimate of drug-likeness (QED) is 0.572. The van der Waals surface area contributed by atoms with Gasteiger partial charge in [-0.25, -0.2) is 4.98 Å². The summed E-state index contributed by atoms with van der Waals surface area (Å²) in [5.41, 5.74) is 3.50. The van der Waals surface area contributed by atoms with Crippen molar-refractivity contribution < 1.29 is 18.7 Å². The van der Waals surface area contributed by atoms with Gasteiger partial charge in [0.25, 0.3) is 5.91 Å². The van der Waals surface area contributed by atoms with Crippen LogP contribution < -0.4 is 14.8 Å². The molecule has 4 aromatic rings. The van der Waals surface area contributed by atoms with Crippen LogP contribution in [0, 0.1) is 0 Å². The SMILES string of the molecule is O=C(Nc1ccc(-c2nc3ccccc3o2)cc1)c1cccc2c1OCCO2. The predicted octanol–water partition coefficient (Wildman–Crippen LogP) is 4.52. The molecule has 1 aromatic heterocycles. The molecule has 28 heavy (non-hydrogen) atoms. The fourth-order valence-corrected chi connectivity index (χ4v) is 3.14. The number of nitrogens with one attached hydrogen (secondary N) is 1. The summed E-state index contributed by atoms with van der Waals surface area (Å²) in [7, 11) is 0. The molecule has 0 fully saturated rings. The van der Waals surface area contributed by atoms with E-state index < -0.39 is 0 Å². The highest BCUT2D eigenvalue weighted by atomic mass is 16.6. The summed E-state index contributed by atoms with van der Waals surface area (Å²) < 4.78 is 16.9. The molecular weight excluding hydrogens is 356 g/mol. The summed E-state index contributed by atoms with van der Waals surface area (Å²) in [5, 5.41) is 2.89. The molecule has 0 bridgehead atoms. The van der Waals surface area contributed by atoms with Crippen LogP contribution in [0.5, 0.6) is 11.5 Å². The lowest BCUT2D eigenvalue weighted by molar-refractivity contribution is 0.101. The lowest BCUT2D eigenvalue weighted by Gasteiger charge is -2.20. The minimum Gasteiger partial charge on any atom is -0.486 e. The molecule has 0 aliphatic carbocycles. The average Bonchev–Trinajstić information content (AvgIpc) is 3.18. The van der Waals surface area contributed by atoms with E-state index in [1.807, 2.05) is 48.5 Å². The normalized spacial score (nSPS) is 12.7. The van der Waals surface area contributed by atoms with Crippen molar-refractivity contribution in [1.29, 1.82) is 0 Å². The Bertz CT molecular complexity index is 1130. The van der Waals surface area contributed by atoms with Crippen LogP contribution in [0.3, 0.4) is 0 Å². The van der Waals surface area contributed by atoms with E-state index in [4.69, 9.17) is 13.9 Å². The number of rotatable bonds is 3. The zero-order valence-corrected chi connectivity index (χ0v) is 14.8. The number of nitrogens with zero attached hydrogens (tertiary/aromatic N) is 1. The van der Waals surface area contributed by atoms with Gasteiger partial charge in [-0.05, 0) is 48.5 Å². The Hall–Kier alpha value is -3.80. The van der Waals surface area contributed by atoms with Gasteiger partial charge in [0, 0.05) is 11.3 Å². The summed E-state index contributed by atoms with van der Waals surface area (Å²) in [6.07, 6.45) is 0. The number of anilines is 1. The first-order valence-electron chi connectivity index (χ1n) is 8.94. The Balaban J connectivity index is 1.37. The van der Waals surface area contributed by atoms with Gasteiger partial charge in [0.1, 0.15) is 18.7 Å². The van der Waals surface area contributed by atoms with Crippen LogP contribution in [0.2, 0.25) is 0 Å². The first-order chi connectivity index (χ1) is 13.8. The monoisotopic (exact) mass is 372 g/mol. The minimum absolute atomic E-state index is 0.253. The van der Waals surface area contributed by atoms with Gasteiger partial charge in [0.2, 0.25) is 5.89 Å². The Labute approximate surface area is 160 Å². The molecule has 0 spiro atoms. The number of hydrogen-bond donors (Lipinski definition) is 1. The summed E-state index contributed by atoms with van der Waals surface area (Å²) in [4.78, 5) is 17.2. The van der Waals surface area contributed by atoms with Crippen LogP contribution >= 0.6 is 0 Å². The van der Waals surface area contributed by atoms with Gasteiger partial charge < -0.3 is 19.2 Å². The zero-order valence-electron chi connectivity index (χ0n) is 14.8. The maximum absolute atomic E-state index is 12.7. The number of hydrogen-bond acceptors (Lipinski definition) is 5. The smallest absolute Gasteiger partial charge is 0.259 e. The van der Waals surface area contributed by atoms with E-state index >= 15 is 0 Å². The van der Waals surface area contributed by atoms with Crippen molar-refractivity contribution in [2.75, 3.05) is 18.5 Å². The molecule has 2 heterocycles. The molecule has 6 heteroatoms. The lowest BCUT2D eigenvalue weighted by Crippen LogP contribution is -2.20. The molecule has 0 saturated carbocycles. The maximum atomic E-state index is 12.7. The van der Waals surface area contributed by atoms with Crippen LogP contribution in [0.25, 0.3) is 22.6 Å². The van der Waals surface area contributed by atoms with Gasteiger partial charge >= 0.3 is 0 Å². The van der Waals surface area contributed by atoms with Crippen molar-refractivity contribution in [1.82, 2.24) is 4.98 Å². The van der Waals surface area contributed by atoms with E-state index in [-0.39, 0.29) is 5.91 Å². The molecule has 1 N–H and O–H groups in total. The third-order valence-corrected chi connectivity index (χ3v) is 4.49. The second-order valence-electron chi connectivity index (χ2n) is 6.35. The highest BCUT2D eigenvalue weighted by Gasteiger charge is 2.20. The third kappa shape index (κ3) is 2.95. The Morgan fingerprint density at radius 3 is 2.57 bits per heavy atom. The van der Waals surface area contributed by atoms with Crippen LogP contribution in [0.15, 0.2) is 71.1 Å². The Morgan fingerprint density at radius 2 is 1.71 bits per heavy atom. The van der Waals surface area contributed by atoms with E-state index in [9.17, 15) is 4.79 Å². The standard InChI is InChI=1S/C22H16N2O4/c25-21(16-4-3-7-19-20(16)27-13-12-26-19)23-15-10-8-14(9-11-15)22-24-17-5-1-2-6-18(17)28-22/h1-11H,12-13H2,(H,23,25). The summed E-state index contributed by atoms with van der Waals surface area (Å²) >= 11 is 0. The number of benzene rings is 3. The summed E-state index contributed by atoms with van der Waals surface area (Å²) in [5.74, 6) is 1.36. The van der Waals surface area contributed by atoms with Crippen molar-refractivity contribution >= 4 is 22.7 Å². The number of carbonyl (C=O) groups is 1. The molecule has 0 radical (unpaired) electrons. The first-order valence-corrected chi connectivity index (χ1v) is 8.94. The van der Waals surface area contributed by atoms with E-state index in [1.165, 1.54) is 0 Å². The van der Waals surface area contributed by atoms with Crippen LogP contribution in [-0.4, -0.2) is 24.1 Å². The van der Waals surface area contributed by atoms with Crippen LogP contribution in [0.1, 0.15) is 10.4 Å². The fraction of sp³-hybridized carbons (Fsp3) is 0.0909. The average molecular weight is 372 g/mol. The highest BCUT2D eigenvalue weighted by Crippen LogP contribution is 2.34. The van der Waals surface area contributed by atoms with Gasteiger partial charge in [-0.15, -0.1) is 0 Å². The van der Waals surface area contributed by atoms with Crippen molar-refractivity contribution in [3.05, 3.63) is 72.3 Å². The van der Waals surface area contributed by atoms with Gasteiger partial charge in [0.05, 0.1) is 5.56 Å². The van der Waals surface area contributed by atoms with Crippen LogP contribution in [-0.2, 0) is 0 Å². The maximum Gasteiger partial charge on any atom is 0.259 e. The number of ether oxygens (including phenoxy) is 2. The zero-order chi connectivity index (χ0) is 18.9. The van der Waals surface area contributed by atoms with Crippen LogP contribution in [0.4, 0.5) is 5.69 Å². The number of amides is 1. The molecule has 1 aliphatic rings. The molecule has 0 unspecified atom stereocenters. The Morgan fingerprint density at radius 1 is 0.893 bits per heavy atom. The molecular formula is C22H16N2O4. The predicted molar refractivity (Wildman–Crippen MR) is 105 cm³/mol. The first kappa shape index (κ1) is 16.4. The molecule has 0 saturated heterocycles. The van der Waals surface area contributed by atoms with Gasteiger partial charge in [-0.2, -0.15) is 0 Å². The Kier molecular flexibility index (Phi) is 3.94.